The van der Waals surface area contributed by atoms with Gasteiger partial charge in [0.05, 0.1) is 20.3 Å². The number of rotatable bonds is 10. The van der Waals surface area contributed by atoms with E-state index in [0.29, 0.717) is 18.0 Å². The Morgan fingerprint density at radius 1 is 1.22 bits per heavy atom. The maximum atomic E-state index is 12.3. The molecule has 0 aliphatic heterocycles. The zero-order valence-corrected chi connectivity index (χ0v) is 17.2. The van der Waals surface area contributed by atoms with E-state index >= 15 is 0 Å². The number of thiophene rings is 1. The van der Waals surface area contributed by atoms with Gasteiger partial charge in [-0.3, -0.25) is 9.69 Å². The molecule has 6 heteroatoms. The second kappa shape index (κ2) is 10.7. The smallest absolute Gasteiger partial charge is 0.244 e. The molecule has 0 saturated heterocycles. The van der Waals surface area contributed by atoms with E-state index in [2.05, 4.69) is 40.9 Å². The van der Waals surface area contributed by atoms with Gasteiger partial charge in [0.25, 0.3) is 0 Å². The molecule has 0 aliphatic carbocycles. The van der Waals surface area contributed by atoms with Crippen molar-refractivity contribution in [3.8, 4) is 11.5 Å². The van der Waals surface area contributed by atoms with E-state index in [4.69, 9.17) is 9.47 Å². The van der Waals surface area contributed by atoms with Crippen LogP contribution in [0.5, 0.6) is 11.5 Å². The molecule has 0 fully saturated rings. The first-order valence-corrected chi connectivity index (χ1v) is 10.0. The molecule has 1 atom stereocenters. The average Bonchev–Trinajstić information content (AvgIpc) is 3.23. The molecule has 2 rings (SSSR count). The number of benzene rings is 1. The third-order valence-corrected chi connectivity index (χ3v) is 5.21. The van der Waals surface area contributed by atoms with Gasteiger partial charge >= 0.3 is 0 Å². The molecule has 1 aromatic carbocycles. The molecule has 0 aliphatic rings. The fourth-order valence-electron chi connectivity index (χ4n) is 2.96. The Morgan fingerprint density at radius 2 is 2.00 bits per heavy atom. The van der Waals surface area contributed by atoms with Crippen LogP contribution in [0.2, 0.25) is 0 Å². The first kappa shape index (κ1) is 21.0. The van der Waals surface area contributed by atoms with Gasteiger partial charge in [0, 0.05) is 24.3 Å². The summed E-state index contributed by atoms with van der Waals surface area (Å²) in [6.07, 6.45) is 3.29. The van der Waals surface area contributed by atoms with E-state index in [1.54, 1.807) is 37.7 Å². The molecular weight excluding hydrogens is 360 g/mol. The van der Waals surface area contributed by atoms with Crippen LogP contribution in [0.25, 0.3) is 6.08 Å². The van der Waals surface area contributed by atoms with Crippen molar-refractivity contribution < 1.29 is 14.3 Å². The number of hydrogen-bond acceptors (Lipinski definition) is 5. The monoisotopic (exact) mass is 388 g/mol. The van der Waals surface area contributed by atoms with Crippen LogP contribution >= 0.6 is 11.3 Å². The summed E-state index contributed by atoms with van der Waals surface area (Å²) in [6, 6.07) is 7.81. The van der Waals surface area contributed by atoms with Crippen LogP contribution in [0.4, 0.5) is 0 Å². The fraction of sp³-hybridized carbons (Fsp3) is 0.381. The molecule has 0 bridgehead atoms. The van der Waals surface area contributed by atoms with Crippen LogP contribution in [0, 0.1) is 0 Å². The summed E-state index contributed by atoms with van der Waals surface area (Å²) in [6.45, 7) is 6.72. The van der Waals surface area contributed by atoms with E-state index in [-0.39, 0.29) is 11.9 Å². The highest BCUT2D eigenvalue weighted by Gasteiger charge is 2.18. The minimum Gasteiger partial charge on any atom is -0.497 e. The highest BCUT2D eigenvalue weighted by atomic mass is 32.1. The molecule has 27 heavy (non-hydrogen) atoms. The topological polar surface area (TPSA) is 50.8 Å². The van der Waals surface area contributed by atoms with Crippen LogP contribution in [0.15, 0.2) is 41.1 Å². The third-order valence-electron chi connectivity index (χ3n) is 4.51. The standard InChI is InChI=1S/C21H28N2O3S/c1-5-23(6-2)19(17-11-12-27-15-17)14-22-21(24)10-8-16-7-9-18(25-3)13-20(16)26-4/h7-13,15,19H,5-6,14H2,1-4H3,(H,22,24). The van der Waals surface area contributed by atoms with E-state index in [1.807, 2.05) is 12.1 Å². The minimum absolute atomic E-state index is 0.125. The van der Waals surface area contributed by atoms with Crippen molar-refractivity contribution in [2.24, 2.45) is 0 Å². The second-order valence-corrected chi connectivity index (χ2v) is 6.76. The number of likely N-dealkylation sites (N-methyl/N-ethyl adjacent to an activating group) is 1. The van der Waals surface area contributed by atoms with Gasteiger partial charge in [-0.2, -0.15) is 11.3 Å². The molecule has 1 aromatic heterocycles. The van der Waals surface area contributed by atoms with Crippen molar-refractivity contribution in [3.63, 3.8) is 0 Å². The Labute approximate surface area is 165 Å². The summed E-state index contributed by atoms with van der Waals surface area (Å²) < 4.78 is 10.6. The molecule has 0 spiro atoms. The Kier molecular flexibility index (Phi) is 8.36. The first-order valence-electron chi connectivity index (χ1n) is 9.07. The van der Waals surface area contributed by atoms with Crippen molar-refractivity contribution in [1.29, 1.82) is 0 Å². The van der Waals surface area contributed by atoms with Crippen molar-refractivity contribution in [2.75, 3.05) is 33.9 Å². The number of nitrogens with one attached hydrogen (secondary N) is 1. The Balaban J connectivity index is 2.03. The lowest BCUT2D eigenvalue weighted by atomic mass is 10.1. The zero-order valence-electron chi connectivity index (χ0n) is 16.4. The predicted molar refractivity (Wildman–Crippen MR) is 112 cm³/mol. The minimum atomic E-state index is -0.125. The number of methoxy groups -OCH3 is 2. The first-order chi connectivity index (χ1) is 13.1. The number of hydrogen-bond donors (Lipinski definition) is 1. The third kappa shape index (κ3) is 5.84. The number of ether oxygens (including phenoxy) is 2. The van der Waals surface area contributed by atoms with Gasteiger partial charge in [-0.1, -0.05) is 13.8 Å². The Hall–Kier alpha value is -2.31. The van der Waals surface area contributed by atoms with Crippen LogP contribution in [-0.2, 0) is 4.79 Å². The van der Waals surface area contributed by atoms with Gasteiger partial charge < -0.3 is 14.8 Å². The van der Waals surface area contributed by atoms with Crippen molar-refractivity contribution in [3.05, 3.63) is 52.2 Å². The average molecular weight is 389 g/mol. The molecule has 1 unspecified atom stereocenters. The lowest BCUT2D eigenvalue weighted by Crippen LogP contribution is -2.37. The van der Waals surface area contributed by atoms with Crippen LogP contribution in [0.1, 0.15) is 31.0 Å². The molecule has 1 heterocycles. The van der Waals surface area contributed by atoms with Gasteiger partial charge in [0.15, 0.2) is 0 Å². The summed E-state index contributed by atoms with van der Waals surface area (Å²) in [5.41, 5.74) is 2.07. The van der Waals surface area contributed by atoms with Crippen LogP contribution in [0.3, 0.4) is 0 Å². The van der Waals surface area contributed by atoms with Gasteiger partial charge in [0.2, 0.25) is 5.91 Å². The van der Waals surface area contributed by atoms with Gasteiger partial charge in [0.1, 0.15) is 11.5 Å². The SMILES string of the molecule is CCN(CC)C(CNC(=O)C=Cc1ccc(OC)cc1OC)c1ccsc1. The maximum Gasteiger partial charge on any atom is 0.244 e. The maximum absolute atomic E-state index is 12.3. The summed E-state index contributed by atoms with van der Waals surface area (Å²) in [7, 11) is 3.21. The molecule has 1 amide bonds. The molecular formula is C21H28N2O3S. The molecule has 1 N–H and O–H groups in total. The molecule has 5 nitrogen and oxygen atoms in total. The highest BCUT2D eigenvalue weighted by Crippen LogP contribution is 2.25. The Morgan fingerprint density at radius 3 is 2.59 bits per heavy atom. The number of carbonyl (C=O) groups is 1. The Bertz CT molecular complexity index is 740. The number of nitrogens with zero attached hydrogens (tertiary/aromatic N) is 1. The number of amides is 1. The van der Waals surface area contributed by atoms with E-state index in [0.717, 1.165) is 18.7 Å². The van der Waals surface area contributed by atoms with Crippen molar-refractivity contribution >= 4 is 23.3 Å². The second-order valence-electron chi connectivity index (χ2n) is 5.98. The predicted octanol–water partition coefficient (Wildman–Crippen LogP) is 3.98. The van der Waals surface area contributed by atoms with E-state index < -0.39 is 0 Å². The van der Waals surface area contributed by atoms with E-state index in [1.165, 1.54) is 11.6 Å². The summed E-state index contributed by atoms with van der Waals surface area (Å²) >= 11 is 1.68. The van der Waals surface area contributed by atoms with Gasteiger partial charge in [-0.15, -0.1) is 0 Å². The van der Waals surface area contributed by atoms with Crippen molar-refractivity contribution in [2.45, 2.75) is 19.9 Å². The number of carbonyl (C=O) groups excluding carboxylic acids is 1. The summed E-state index contributed by atoms with van der Waals surface area (Å²) in [5, 5.41) is 7.24. The molecule has 0 radical (unpaired) electrons. The van der Waals surface area contributed by atoms with Crippen molar-refractivity contribution in [1.82, 2.24) is 10.2 Å². The fourth-order valence-corrected chi connectivity index (χ4v) is 3.67. The van der Waals surface area contributed by atoms with Crippen LogP contribution in [-0.4, -0.2) is 44.7 Å². The van der Waals surface area contributed by atoms with Gasteiger partial charge in [-0.25, -0.2) is 0 Å². The van der Waals surface area contributed by atoms with Gasteiger partial charge in [-0.05, 0) is 53.7 Å². The summed E-state index contributed by atoms with van der Waals surface area (Å²) in [4.78, 5) is 14.7. The zero-order chi connectivity index (χ0) is 19.6. The van der Waals surface area contributed by atoms with E-state index in [9.17, 15) is 4.79 Å². The largest absolute Gasteiger partial charge is 0.497 e. The normalized spacial score (nSPS) is 12.3. The lowest BCUT2D eigenvalue weighted by Gasteiger charge is -2.29. The highest BCUT2D eigenvalue weighted by molar-refractivity contribution is 7.07. The molecule has 0 saturated carbocycles. The lowest BCUT2D eigenvalue weighted by molar-refractivity contribution is -0.116. The molecule has 146 valence electrons. The van der Waals surface area contributed by atoms with Crippen LogP contribution < -0.4 is 14.8 Å². The quantitative estimate of drug-likeness (QED) is 0.626. The summed E-state index contributed by atoms with van der Waals surface area (Å²) in [5.74, 6) is 1.25. The molecule has 2 aromatic rings.